The van der Waals surface area contributed by atoms with Crippen molar-refractivity contribution < 1.29 is 28.6 Å². The van der Waals surface area contributed by atoms with Crippen LogP contribution in [0.25, 0.3) is 0 Å². The third kappa shape index (κ3) is 50.9. The van der Waals surface area contributed by atoms with E-state index in [1.807, 2.05) is 0 Å². The van der Waals surface area contributed by atoms with E-state index in [0.717, 1.165) is 128 Å². The zero-order chi connectivity index (χ0) is 47.2. The van der Waals surface area contributed by atoms with Crippen molar-refractivity contribution in [3.63, 3.8) is 0 Å². The molecule has 0 aromatic rings. The van der Waals surface area contributed by atoms with Crippen molar-refractivity contribution >= 4 is 17.9 Å². The Morgan fingerprint density at radius 2 is 0.615 bits per heavy atom. The van der Waals surface area contributed by atoms with Crippen LogP contribution >= 0.6 is 0 Å². The average Bonchev–Trinajstić information content (AvgIpc) is 3.30. The van der Waals surface area contributed by atoms with Gasteiger partial charge >= 0.3 is 17.9 Å². The van der Waals surface area contributed by atoms with Gasteiger partial charge < -0.3 is 14.2 Å². The van der Waals surface area contributed by atoms with E-state index in [-0.39, 0.29) is 37.5 Å². The number of carbonyl (C=O) groups is 3. The van der Waals surface area contributed by atoms with E-state index in [0.29, 0.717) is 19.3 Å². The Balaban J connectivity index is 4.53. The highest BCUT2D eigenvalue weighted by molar-refractivity contribution is 5.71. The van der Waals surface area contributed by atoms with Crippen molar-refractivity contribution in [3.05, 3.63) is 109 Å². The lowest BCUT2D eigenvalue weighted by Crippen LogP contribution is -2.30. The first-order valence-electron chi connectivity index (χ1n) is 26.4. The maximum Gasteiger partial charge on any atom is 0.306 e. The molecule has 0 N–H and O–H groups in total. The van der Waals surface area contributed by atoms with Gasteiger partial charge in [0.15, 0.2) is 6.10 Å². The molecule has 0 radical (unpaired) electrons. The first-order chi connectivity index (χ1) is 32.0. The van der Waals surface area contributed by atoms with E-state index in [4.69, 9.17) is 14.2 Å². The lowest BCUT2D eigenvalue weighted by molar-refractivity contribution is -0.167. The lowest BCUT2D eigenvalue weighted by atomic mass is 10.1. The van der Waals surface area contributed by atoms with Crippen molar-refractivity contribution in [2.75, 3.05) is 13.2 Å². The highest BCUT2D eigenvalue weighted by Crippen LogP contribution is 2.13. The Hall–Kier alpha value is -3.93. The molecule has 6 heteroatoms. The molecule has 0 saturated heterocycles. The monoisotopic (exact) mass is 901 g/mol. The van der Waals surface area contributed by atoms with Crippen molar-refractivity contribution in [1.82, 2.24) is 0 Å². The quantitative estimate of drug-likeness (QED) is 0.0262. The first kappa shape index (κ1) is 61.1. The molecule has 0 aliphatic carbocycles. The fraction of sp³-hybridized carbons (Fsp3) is 0.644. The smallest absolute Gasteiger partial charge is 0.306 e. The van der Waals surface area contributed by atoms with Gasteiger partial charge in [-0.05, 0) is 116 Å². The minimum absolute atomic E-state index is 0.109. The van der Waals surface area contributed by atoms with Crippen molar-refractivity contribution in [2.45, 2.75) is 232 Å². The van der Waals surface area contributed by atoms with Crippen molar-refractivity contribution in [3.8, 4) is 0 Å². The van der Waals surface area contributed by atoms with Crippen molar-refractivity contribution in [2.24, 2.45) is 0 Å². The molecule has 0 aromatic carbocycles. The third-order valence-corrected chi connectivity index (χ3v) is 10.7. The number of hydrogen-bond donors (Lipinski definition) is 0. The molecule has 0 aromatic heterocycles. The van der Waals surface area contributed by atoms with Gasteiger partial charge in [-0.15, -0.1) is 0 Å². The Labute approximate surface area is 400 Å². The minimum atomic E-state index is -0.815. The van der Waals surface area contributed by atoms with Crippen LogP contribution in [0, 0.1) is 0 Å². The third-order valence-electron chi connectivity index (χ3n) is 10.7. The molecule has 0 aliphatic heterocycles. The normalized spacial score (nSPS) is 13.0. The summed E-state index contributed by atoms with van der Waals surface area (Å²) in [6, 6.07) is 0. The Morgan fingerprint density at radius 1 is 0.323 bits per heavy atom. The largest absolute Gasteiger partial charge is 0.462 e. The molecular weight excluding hydrogens is 805 g/mol. The van der Waals surface area contributed by atoms with Gasteiger partial charge in [-0.3, -0.25) is 14.4 Å². The molecule has 1 atom stereocenters. The van der Waals surface area contributed by atoms with E-state index >= 15 is 0 Å². The zero-order valence-electron chi connectivity index (χ0n) is 42.0. The first-order valence-corrected chi connectivity index (χ1v) is 26.4. The van der Waals surface area contributed by atoms with Crippen LogP contribution in [0.3, 0.4) is 0 Å². The van der Waals surface area contributed by atoms with Gasteiger partial charge in [0, 0.05) is 19.3 Å². The number of unbranched alkanes of at least 4 members (excludes halogenated alkanes) is 17. The number of esters is 3. The molecule has 65 heavy (non-hydrogen) atoms. The maximum absolute atomic E-state index is 12.8. The second-order valence-corrected chi connectivity index (χ2v) is 17.0. The van der Waals surface area contributed by atoms with E-state index in [9.17, 15) is 14.4 Å². The second kappa shape index (κ2) is 52.7. The Kier molecular flexibility index (Phi) is 49.5. The van der Waals surface area contributed by atoms with E-state index in [1.165, 1.54) is 51.4 Å². The van der Waals surface area contributed by atoms with Gasteiger partial charge in [-0.1, -0.05) is 201 Å². The van der Waals surface area contributed by atoms with Gasteiger partial charge in [0.1, 0.15) is 13.2 Å². The van der Waals surface area contributed by atoms with Gasteiger partial charge in [-0.2, -0.15) is 0 Å². The zero-order valence-corrected chi connectivity index (χ0v) is 42.0. The minimum Gasteiger partial charge on any atom is -0.462 e. The Morgan fingerprint density at radius 3 is 1.02 bits per heavy atom. The number of allylic oxidation sites excluding steroid dienone is 18. The molecule has 0 saturated carbocycles. The summed E-state index contributed by atoms with van der Waals surface area (Å²) in [4.78, 5) is 38.0. The molecular formula is C59H96O6. The molecule has 0 heterocycles. The van der Waals surface area contributed by atoms with E-state index < -0.39 is 6.10 Å². The number of carbonyl (C=O) groups excluding carboxylic acids is 3. The second-order valence-electron chi connectivity index (χ2n) is 17.0. The standard InChI is InChI=1S/C59H96O6/c1-4-7-10-13-16-19-22-25-28-29-32-34-37-40-43-46-49-52-58(61)64-55-56(65-59(62)53-50-47-44-41-38-35-31-27-24-21-18-15-12-9-6-3)54-63-57(60)51-48-45-42-39-36-33-30-26-23-20-17-14-11-8-5-2/h7,9-10,12,16,18-19,21,25-28,30-32,34,40,43,56H,4-6,8,11,13-15,17,20,22-24,29,33,35-39,41-42,44-55H2,1-3H3/b10-7-,12-9-,19-16-,21-18-,28-25-,30-26-,31-27-,34-32-,43-40-/t56-/m1/s1. The molecule has 0 bridgehead atoms. The highest BCUT2D eigenvalue weighted by atomic mass is 16.6. The Bertz CT molecular complexity index is 1360. The van der Waals surface area contributed by atoms with Gasteiger partial charge in [0.2, 0.25) is 0 Å². The van der Waals surface area contributed by atoms with Gasteiger partial charge in [0.05, 0.1) is 0 Å². The van der Waals surface area contributed by atoms with E-state index in [2.05, 4.69) is 130 Å². The van der Waals surface area contributed by atoms with Crippen LogP contribution in [0.1, 0.15) is 226 Å². The average molecular weight is 901 g/mol. The SMILES string of the molecule is CC/C=C\C/C=C\C/C=C\C/C=C\C/C=C\CCCC(=O)OC[C@@H](COC(=O)CCCCCCC/C=C\CCCCCCCC)OC(=O)CCCCCCC/C=C\C/C=C\C/C=C\CC. The molecule has 0 unspecified atom stereocenters. The topological polar surface area (TPSA) is 78.9 Å². The van der Waals surface area contributed by atoms with Crippen LogP contribution in [-0.2, 0) is 28.6 Å². The summed E-state index contributed by atoms with van der Waals surface area (Å²) in [5, 5.41) is 0. The molecule has 6 nitrogen and oxygen atoms in total. The van der Waals surface area contributed by atoms with E-state index in [1.54, 1.807) is 0 Å². The molecule has 0 spiro atoms. The van der Waals surface area contributed by atoms with Crippen LogP contribution in [0.5, 0.6) is 0 Å². The predicted octanol–water partition coefficient (Wildman–Crippen LogP) is 17.5. The molecule has 0 fully saturated rings. The van der Waals surface area contributed by atoms with Gasteiger partial charge in [-0.25, -0.2) is 0 Å². The van der Waals surface area contributed by atoms with Crippen molar-refractivity contribution in [1.29, 1.82) is 0 Å². The summed E-state index contributed by atoms with van der Waals surface area (Å²) in [5.74, 6) is -0.999. The molecule has 0 rings (SSSR count). The highest BCUT2D eigenvalue weighted by Gasteiger charge is 2.19. The van der Waals surface area contributed by atoms with Crippen LogP contribution in [0.4, 0.5) is 0 Å². The molecule has 368 valence electrons. The summed E-state index contributed by atoms with van der Waals surface area (Å²) in [7, 11) is 0. The predicted molar refractivity (Wildman–Crippen MR) is 279 cm³/mol. The number of hydrogen-bond acceptors (Lipinski definition) is 6. The summed E-state index contributed by atoms with van der Waals surface area (Å²) in [6.07, 6.45) is 70.7. The van der Waals surface area contributed by atoms with Crippen LogP contribution in [-0.4, -0.2) is 37.2 Å². The summed E-state index contributed by atoms with van der Waals surface area (Å²) >= 11 is 0. The molecule has 0 amide bonds. The number of rotatable bonds is 46. The van der Waals surface area contributed by atoms with Gasteiger partial charge in [0.25, 0.3) is 0 Å². The van der Waals surface area contributed by atoms with Crippen LogP contribution in [0.15, 0.2) is 109 Å². The van der Waals surface area contributed by atoms with Crippen LogP contribution < -0.4 is 0 Å². The fourth-order valence-corrected chi connectivity index (χ4v) is 6.84. The summed E-state index contributed by atoms with van der Waals surface area (Å²) in [5.41, 5.74) is 0. The lowest BCUT2D eigenvalue weighted by Gasteiger charge is -2.18. The fourth-order valence-electron chi connectivity index (χ4n) is 6.84. The molecule has 0 aliphatic rings. The maximum atomic E-state index is 12.8. The summed E-state index contributed by atoms with van der Waals surface area (Å²) in [6.45, 7) is 6.33. The van der Waals surface area contributed by atoms with Crippen LogP contribution in [0.2, 0.25) is 0 Å². The summed E-state index contributed by atoms with van der Waals surface area (Å²) < 4.78 is 16.7. The number of ether oxygens (including phenoxy) is 3.